The molecule has 0 radical (unpaired) electrons. The number of nitrogens with zero attached hydrogens (tertiary/aromatic N) is 1. The Bertz CT molecular complexity index is 868. The van der Waals surface area contributed by atoms with E-state index >= 15 is 0 Å². The molecule has 0 atom stereocenters. The van der Waals surface area contributed by atoms with Gasteiger partial charge in [-0.1, -0.05) is 26.0 Å². The molecule has 0 saturated carbocycles. The zero-order valence-electron chi connectivity index (χ0n) is 17.2. The smallest absolute Gasteiger partial charge is 0.306 e. The summed E-state index contributed by atoms with van der Waals surface area (Å²) >= 11 is 0. The summed E-state index contributed by atoms with van der Waals surface area (Å²) in [6.07, 6.45) is 0.354. The topological polar surface area (TPSA) is 125 Å². The fourth-order valence-corrected chi connectivity index (χ4v) is 4.22. The van der Waals surface area contributed by atoms with Gasteiger partial charge in [0.05, 0.1) is 10.5 Å². The van der Waals surface area contributed by atoms with Crippen molar-refractivity contribution in [3.63, 3.8) is 0 Å². The van der Waals surface area contributed by atoms with Crippen LogP contribution in [0.2, 0.25) is 0 Å². The number of hydrogen-bond donors (Lipinski definition) is 2. The van der Waals surface area contributed by atoms with E-state index in [1.807, 2.05) is 0 Å². The highest BCUT2D eigenvalue weighted by Gasteiger charge is 2.21. The van der Waals surface area contributed by atoms with Gasteiger partial charge in [-0.2, -0.15) is 4.31 Å². The van der Waals surface area contributed by atoms with E-state index in [0.29, 0.717) is 19.5 Å². The predicted octanol–water partition coefficient (Wildman–Crippen LogP) is 2.63. The third-order valence-corrected chi connectivity index (χ3v) is 6.33. The average Bonchev–Trinajstić information content (AvgIpc) is 2.65. The first-order valence-corrected chi connectivity index (χ1v) is 10.7. The lowest BCUT2D eigenvalue weighted by atomic mass is 10.1. The summed E-state index contributed by atoms with van der Waals surface area (Å²) in [4.78, 5) is 23.5. The summed E-state index contributed by atoms with van der Waals surface area (Å²) < 4.78 is 31.2. The number of carbonyl (C=O) groups excluding carboxylic acids is 2. The molecule has 1 aromatic carbocycles. The summed E-state index contributed by atoms with van der Waals surface area (Å²) in [6, 6.07) is 6.31. The Balaban J connectivity index is 2.68. The molecule has 1 rings (SSSR count). The largest absolute Gasteiger partial charge is 0.508 e. The molecule has 2 N–H and O–H groups in total. The number of ether oxygens (including phenoxy) is 1. The molecule has 0 aliphatic carbocycles. The normalized spacial score (nSPS) is 12.4. The number of allylic oxidation sites excluding steroid dienone is 1. The summed E-state index contributed by atoms with van der Waals surface area (Å²) in [7, 11) is -3.53. The molecule has 0 saturated heterocycles. The van der Waals surface area contributed by atoms with E-state index in [1.54, 1.807) is 26.0 Å². The van der Waals surface area contributed by atoms with Crippen molar-refractivity contribution in [1.82, 2.24) is 4.31 Å². The molecule has 0 aliphatic heterocycles. The Morgan fingerprint density at radius 2 is 1.66 bits per heavy atom. The minimum Gasteiger partial charge on any atom is -0.508 e. The molecule has 0 aromatic heterocycles. The lowest BCUT2D eigenvalue weighted by molar-refractivity contribution is -0.143. The second kappa shape index (κ2) is 10.9. The van der Waals surface area contributed by atoms with E-state index in [-0.39, 0.29) is 22.6 Å². The third kappa shape index (κ3) is 6.79. The molecule has 160 valence electrons. The van der Waals surface area contributed by atoms with Gasteiger partial charge in [-0.15, -0.1) is 0 Å². The fraction of sp³-hybridized carbons (Fsp3) is 0.450. The molecule has 9 heteroatoms. The first-order chi connectivity index (χ1) is 13.5. The van der Waals surface area contributed by atoms with Crippen LogP contribution in [-0.2, 0) is 30.8 Å². The van der Waals surface area contributed by atoms with Gasteiger partial charge in [-0.25, -0.2) is 8.42 Å². The van der Waals surface area contributed by atoms with Crippen molar-refractivity contribution < 1.29 is 27.9 Å². The molecule has 0 spiro atoms. The number of benzene rings is 1. The molecule has 8 nitrogen and oxygen atoms in total. The van der Waals surface area contributed by atoms with Crippen LogP contribution in [-0.4, -0.2) is 55.0 Å². The van der Waals surface area contributed by atoms with Gasteiger partial charge in [0.2, 0.25) is 10.0 Å². The quantitative estimate of drug-likeness (QED) is 0.243. The van der Waals surface area contributed by atoms with Gasteiger partial charge in [0.1, 0.15) is 12.4 Å². The lowest BCUT2D eigenvalue weighted by Gasteiger charge is -2.18. The fourth-order valence-electron chi connectivity index (χ4n) is 2.76. The number of aliphatic hydroxyl groups excluding tert-OH is 1. The van der Waals surface area contributed by atoms with Gasteiger partial charge in [0.15, 0.2) is 5.78 Å². The van der Waals surface area contributed by atoms with Gasteiger partial charge >= 0.3 is 5.97 Å². The summed E-state index contributed by atoms with van der Waals surface area (Å²) in [5.74, 6) is -1.52. The number of hydrogen-bond acceptors (Lipinski definition) is 7. The Morgan fingerprint density at radius 1 is 1.10 bits per heavy atom. The minimum atomic E-state index is -3.53. The summed E-state index contributed by atoms with van der Waals surface area (Å²) in [6.45, 7) is 6.42. The summed E-state index contributed by atoms with van der Waals surface area (Å²) in [5, 5.41) is 17.3. The van der Waals surface area contributed by atoms with Gasteiger partial charge < -0.3 is 15.3 Å². The Kier molecular flexibility index (Phi) is 9.19. The van der Waals surface area contributed by atoms with Crippen LogP contribution >= 0.6 is 0 Å². The van der Waals surface area contributed by atoms with E-state index < -0.39 is 34.1 Å². The molecule has 0 fully saturated rings. The molecule has 0 bridgehead atoms. The van der Waals surface area contributed by atoms with Crippen molar-refractivity contribution >= 4 is 27.5 Å². The van der Waals surface area contributed by atoms with Crippen LogP contribution in [0.25, 0.3) is 0 Å². The Morgan fingerprint density at radius 3 is 2.10 bits per heavy atom. The molecular weight excluding hydrogens is 396 g/mol. The van der Waals surface area contributed by atoms with Crippen LogP contribution in [0.15, 0.2) is 40.5 Å². The molecule has 1 aromatic rings. The SMILES string of the molecule is CCN(CC)S(=O)(=O)c1ccc(CCC(=O)OC/C(O)=C(\C(C)=N)C(C)=O)cc1. The van der Waals surface area contributed by atoms with Crippen molar-refractivity contribution in [1.29, 1.82) is 5.41 Å². The highest BCUT2D eigenvalue weighted by Crippen LogP contribution is 2.17. The van der Waals surface area contributed by atoms with Crippen LogP contribution in [0.1, 0.15) is 39.7 Å². The van der Waals surface area contributed by atoms with Gasteiger partial charge in [-0.05, 0) is 38.0 Å². The molecule has 0 heterocycles. The Labute approximate surface area is 171 Å². The molecule has 0 unspecified atom stereocenters. The Hall–Kier alpha value is -2.52. The molecule has 29 heavy (non-hydrogen) atoms. The number of rotatable bonds is 11. The molecular formula is C20H28N2O6S. The van der Waals surface area contributed by atoms with Crippen molar-refractivity contribution in [3.8, 4) is 0 Å². The first-order valence-electron chi connectivity index (χ1n) is 9.27. The van der Waals surface area contributed by atoms with E-state index in [0.717, 1.165) is 5.56 Å². The van der Waals surface area contributed by atoms with Crippen molar-refractivity contribution in [2.45, 2.75) is 45.4 Å². The monoisotopic (exact) mass is 424 g/mol. The number of Topliss-reactive ketones (excluding diaryl/α,β-unsaturated/α-hetero) is 1. The standard InChI is InChI=1S/C20H28N2O6S/c1-5-22(6-2)29(26,27)17-10-7-16(8-11-17)9-12-19(25)28-13-18(24)20(14(3)21)15(4)23/h7-8,10-11,21,24H,5-6,9,12-13H2,1-4H3/b20-18-,21-14?. The maximum Gasteiger partial charge on any atom is 0.306 e. The third-order valence-electron chi connectivity index (χ3n) is 4.27. The lowest BCUT2D eigenvalue weighted by Crippen LogP contribution is -2.30. The van der Waals surface area contributed by atoms with Crippen LogP contribution in [0.3, 0.4) is 0 Å². The van der Waals surface area contributed by atoms with Crippen molar-refractivity contribution in [2.75, 3.05) is 19.7 Å². The van der Waals surface area contributed by atoms with Crippen LogP contribution < -0.4 is 0 Å². The number of sulfonamides is 1. The average molecular weight is 425 g/mol. The number of aryl methyl sites for hydroxylation is 1. The van der Waals surface area contributed by atoms with Crippen LogP contribution in [0, 0.1) is 5.41 Å². The number of carbonyl (C=O) groups is 2. The zero-order chi connectivity index (χ0) is 22.2. The number of aliphatic hydroxyl groups is 1. The first kappa shape index (κ1) is 24.5. The molecule has 0 aliphatic rings. The van der Waals surface area contributed by atoms with E-state index in [4.69, 9.17) is 10.1 Å². The van der Waals surface area contributed by atoms with E-state index in [9.17, 15) is 23.1 Å². The number of ketones is 1. The van der Waals surface area contributed by atoms with Crippen molar-refractivity contribution in [3.05, 3.63) is 41.2 Å². The highest BCUT2D eigenvalue weighted by molar-refractivity contribution is 7.89. The van der Waals surface area contributed by atoms with Gasteiger partial charge in [0.25, 0.3) is 0 Å². The number of nitrogens with one attached hydrogen (secondary N) is 1. The van der Waals surface area contributed by atoms with Crippen LogP contribution in [0.4, 0.5) is 0 Å². The van der Waals surface area contributed by atoms with Crippen molar-refractivity contribution in [2.24, 2.45) is 0 Å². The zero-order valence-corrected chi connectivity index (χ0v) is 18.0. The second-order valence-electron chi connectivity index (χ2n) is 6.40. The maximum absolute atomic E-state index is 12.5. The van der Waals surface area contributed by atoms with Gasteiger partial charge in [0, 0.05) is 25.2 Å². The maximum atomic E-state index is 12.5. The highest BCUT2D eigenvalue weighted by atomic mass is 32.2. The van der Waals surface area contributed by atoms with E-state index in [1.165, 1.54) is 30.3 Å². The second-order valence-corrected chi connectivity index (χ2v) is 8.33. The van der Waals surface area contributed by atoms with E-state index in [2.05, 4.69) is 0 Å². The molecule has 0 amide bonds. The number of esters is 1. The summed E-state index contributed by atoms with van der Waals surface area (Å²) in [5.41, 5.74) is 0.494. The minimum absolute atomic E-state index is 0.0222. The van der Waals surface area contributed by atoms with Crippen LogP contribution in [0.5, 0.6) is 0 Å². The predicted molar refractivity (Wildman–Crippen MR) is 110 cm³/mol. The van der Waals surface area contributed by atoms with Gasteiger partial charge in [-0.3, -0.25) is 9.59 Å².